The predicted molar refractivity (Wildman–Crippen MR) is 93.4 cm³/mol. The number of hydrogen-bond donors (Lipinski definition) is 1. The molecule has 1 amide bonds. The highest BCUT2D eigenvalue weighted by atomic mass is 16.7. The van der Waals surface area contributed by atoms with Crippen LogP contribution in [0, 0.1) is 11.3 Å². The van der Waals surface area contributed by atoms with Gasteiger partial charge in [0.05, 0.1) is 11.6 Å². The van der Waals surface area contributed by atoms with Gasteiger partial charge in [0.1, 0.15) is 5.75 Å². The number of ether oxygens (including phenoxy) is 4. The third kappa shape index (κ3) is 4.67. The molecule has 1 aliphatic heterocycles. The summed E-state index contributed by atoms with van der Waals surface area (Å²) < 4.78 is 20.8. The van der Waals surface area contributed by atoms with Crippen molar-refractivity contribution in [3.8, 4) is 23.3 Å². The Kier molecular flexibility index (Phi) is 5.42. The van der Waals surface area contributed by atoms with Crippen molar-refractivity contribution in [1.29, 1.82) is 5.26 Å². The minimum Gasteiger partial charge on any atom is -0.479 e. The molecule has 0 fully saturated rings. The van der Waals surface area contributed by atoms with Gasteiger partial charge in [0.2, 0.25) is 6.79 Å². The minimum absolute atomic E-state index is 0.140. The van der Waals surface area contributed by atoms with Crippen molar-refractivity contribution in [2.75, 3.05) is 18.7 Å². The second-order valence-electron chi connectivity index (χ2n) is 5.62. The van der Waals surface area contributed by atoms with Gasteiger partial charge in [0.15, 0.2) is 24.2 Å². The number of nitriles is 1. The molecule has 0 saturated carbocycles. The van der Waals surface area contributed by atoms with E-state index in [4.69, 9.17) is 24.2 Å². The lowest BCUT2D eigenvalue weighted by Gasteiger charge is -2.14. The van der Waals surface area contributed by atoms with Crippen molar-refractivity contribution < 1.29 is 28.5 Å². The van der Waals surface area contributed by atoms with Crippen LogP contribution in [0.3, 0.4) is 0 Å². The maximum absolute atomic E-state index is 12.0. The summed E-state index contributed by atoms with van der Waals surface area (Å²) in [5, 5.41) is 11.4. The molecule has 1 heterocycles. The first-order valence-corrected chi connectivity index (χ1v) is 8.08. The van der Waals surface area contributed by atoms with Gasteiger partial charge in [-0.15, -0.1) is 0 Å². The molecule has 0 unspecified atom stereocenters. The molecule has 0 aliphatic carbocycles. The van der Waals surface area contributed by atoms with E-state index in [-0.39, 0.29) is 6.79 Å². The molecule has 138 valence electrons. The fourth-order valence-corrected chi connectivity index (χ4v) is 2.29. The van der Waals surface area contributed by atoms with Crippen LogP contribution in [0.25, 0.3) is 0 Å². The summed E-state index contributed by atoms with van der Waals surface area (Å²) in [5.41, 5.74) is 0.986. The van der Waals surface area contributed by atoms with E-state index in [9.17, 15) is 9.59 Å². The third-order valence-corrected chi connectivity index (χ3v) is 3.63. The van der Waals surface area contributed by atoms with Crippen molar-refractivity contribution in [2.24, 2.45) is 0 Å². The van der Waals surface area contributed by atoms with E-state index >= 15 is 0 Å². The molecule has 0 aromatic heterocycles. The summed E-state index contributed by atoms with van der Waals surface area (Å²) in [4.78, 5) is 23.9. The van der Waals surface area contributed by atoms with Crippen LogP contribution in [0.1, 0.15) is 12.5 Å². The molecule has 8 nitrogen and oxygen atoms in total. The lowest BCUT2D eigenvalue weighted by Crippen LogP contribution is -2.29. The Morgan fingerprint density at radius 2 is 1.93 bits per heavy atom. The fraction of sp³-hybridized carbons (Fsp3) is 0.211. The van der Waals surface area contributed by atoms with E-state index in [0.717, 1.165) is 0 Å². The number of hydrogen-bond acceptors (Lipinski definition) is 7. The van der Waals surface area contributed by atoms with Gasteiger partial charge in [0, 0.05) is 11.8 Å². The Hall–Kier alpha value is -3.73. The SMILES string of the molecule is C[C@@H](Oc1ccc(C#N)cc1)C(=O)OCC(=O)Nc1ccc2c(c1)OCO2. The molecule has 0 bridgehead atoms. The Balaban J connectivity index is 1.46. The van der Waals surface area contributed by atoms with E-state index in [0.29, 0.717) is 28.5 Å². The number of esters is 1. The zero-order valence-electron chi connectivity index (χ0n) is 14.4. The van der Waals surface area contributed by atoms with E-state index in [2.05, 4.69) is 5.32 Å². The van der Waals surface area contributed by atoms with Gasteiger partial charge in [-0.3, -0.25) is 4.79 Å². The van der Waals surface area contributed by atoms with Crippen molar-refractivity contribution in [2.45, 2.75) is 13.0 Å². The number of benzene rings is 2. The molecule has 8 heteroatoms. The summed E-state index contributed by atoms with van der Waals surface area (Å²) in [5.74, 6) is 0.388. The van der Waals surface area contributed by atoms with Crippen molar-refractivity contribution in [1.82, 2.24) is 0 Å². The van der Waals surface area contributed by atoms with E-state index in [1.807, 2.05) is 6.07 Å². The van der Waals surface area contributed by atoms with Crippen molar-refractivity contribution in [3.05, 3.63) is 48.0 Å². The molecule has 2 aromatic carbocycles. The summed E-state index contributed by atoms with van der Waals surface area (Å²) in [6.07, 6.45) is -0.906. The molecule has 2 aromatic rings. The maximum atomic E-state index is 12.0. The van der Waals surface area contributed by atoms with Gasteiger partial charge in [0.25, 0.3) is 5.91 Å². The number of rotatable bonds is 6. The normalized spacial score (nSPS) is 12.6. The van der Waals surface area contributed by atoms with E-state index in [1.54, 1.807) is 42.5 Å². The molecule has 0 saturated heterocycles. The average Bonchev–Trinajstić information content (AvgIpc) is 3.14. The Morgan fingerprint density at radius 1 is 1.19 bits per heavy atom. The second-order valence-corrected chi connectivity index (χ2v) is 5.62. The van der Waals surface area contributed by atoms with Crippen LogP contribution in [0.5, 0.6) is 17.2 Å². The number of carbonyl (C=O) groups excluding carboxylic acids is 2. The van der Waals surface area contributed by atoms with Gasteiger partial charge >= 0.3 is 5.97 Å². The van der Waals surface area contributed by atoms with Crippen LogP contribution in [0.2, 0.25) is 0 Å². The van der Waals surface area contributed by atoms with Gasteiger partial charge in [-0.05, 0) is 43.3 Å². The summed E-state index contributed by atoms with van der Waals surface area (Å²) in [7, 11) is 0. The summed E-state index contributed by atoms with van der Waals surface area (Å²) in [6.45, 7) is 1.20. The largest absolute Gasteiger partial charge is 0.479 e. The van der Waals surface area contributed by atoms with Crippen LogP contribution in [0.4, 0.5) is 5.69 Å². The molecule has 0 radical (unpaired) electrons. The lowest BCUT2D eigenvalue weighted by molar-refractivity contribution is -0.153. The van der Waals surface area contributed by atoms with Gasteiger partial charge in [-0.1, -0.05) is 0 Å². The first-order valence-electron chi connectivity index (χ1n) is 8.08. The molecule has 3 rings (SSSR count). The summed E-state index contributed by atoms with van der Waals surface area (Å²) in [6, 6.07) is 13.3. The van der Waals surface area contributed by atoms with Crippen LogP contribution in [-0.2, 0) is 14.3 Å². The summed E-state index contributed by atoms with van der Waals surface area (Å²) >= 11 is 0. The number of amides is 1. The van der Waals surface area contributed by atoms with Crippen LogP contribution in [0.15, 0.2) is 42.5 Å². The monoisotopic (exact) mass is 368 g/mol. The van der Waals surface area contributed by atoms with Gasteiger partial charge in [-0.2, -0.15) is 5.26 Å². The number of fused-ring (bicyclic) bond motifs is 1. The average molecular weight is 368 g/mol. The highest BCUT2D eigenvalue weighted by Crippen LogP contribution is 2.34. The predicted octanol–water partition coefficient (Wildman–Crippen LogP) is 2.24. The maximum Gasteiger partial charge on any atom is 0.347 e. The minimum atomic E-state index is -0.906. The Bertz CT molecular complexity index is 888. The van der Waals surface area contributed by atoms with Crippen LogP contribution >= 0.6 is 0 Å². The smallest absolute Gasteiger partial charge is 0.347 e. The quantitative estimate of drug-likeness (QED) is 0.779. The first kappa shape index (κ1) is 18.1. The zero-order chi connectivity index (χ0) is 19.2. The second kappa shape index (κ2) is 8.10. The number of nitrogens with one attached hydrogen (secondary N) is 1. The van der Waals surface area contributed by atoms with Crippen LogP contribution < -0.4 is 19.5 Å². The van der Waals surface area contributed by atoms with Crippen molar-refractivity contribution >= 4 is 17.6 Å². The number of nitrogens with zero attached hydrogens (tertiary/aromatic N) is 1. The first-order chi connectivity index (χ1) is 13.0. The highest BCUT2D eigenvalue weighted by Gasteiger charge is 2.19. The van der Waals surface area contributed by atoms with E-state index < -0.39 is 24.6 Å². The third-order valence-electron chi connectivity index (χ3n) is 3.63. The fourth-order valence-electron chi connectivity index (χ4n) is 2.29. The van der Waals surface area contributed by atoms with Gasteiger partial charge in [-0.25, -0.2) is 4.79 Å². The lowest BCUT2D eigenvalue weighted by atomic mass is 10.2. The molecule has 1 atom stereocenters. The van der Waals surface area contributed by atoms with Crippen LogP contribution in [-0.4, -0.2) is 31.4 Å². The Morgan fingerprint density at radius 3 is 2.67 bits per heavy atom. The Labute approximate surface area is 155 Å². The number of anilines is 1. The molecule has 0 spiro atoms. The highest BCUT2D eigenvalue weighted by molar-refractivity contribution is 5.93. The van der Waals surface area contributed by atoms with Gasteiger partial charge < -0.3 is 24.3 Å². The van der Waals surface area contributed by atoms with Crippen molar-refractivity contribution in [3.63, 3.8) is 0 Å². The zero-order valence-corrected chi connectivity index (χ0v) is 14.4. The molecule has 1 aliphatic rings. The van der Waals surface area contributed by atoms with E-state index in [1.165, 1.54) is 6.92 Å². The molecular weight excluding hydrogens is 352 g/mol. The molecular formula is C19H16N2O6. The molecule has 27 heavy (non-hydrogen) atoms. The standard InChI is InChI=1S/C19H16N2O6/c1-12(27-15-5-2-13(9-20)3-6-15)19(23)24-10-18(22)21-14-4-7-16-17(8-14)26-11-25-16/h2-8,12H,10-11H2,1H3,(H,21,22)/t12-/m1/s1. The topological polar surface area (TPSA) is 107 Å². The molecule has 1 N–H and O–H groups in total. The number of carbonyl (C=O) groups is 2.